The Morgan fingerprint density at radius 3 is 2.76 bits per heavy atom. The summed E-state index contributed by atoms with van der Waals surface area (Å²) in [6.45, 7) is 1.56. The van der Waals surface area contributed by atoms with Crippen LogP contribution >= 0.6 is 0 Å². The van der Waals surface area contributed by atoms with Crippen molar-refractivity contribution < 1.29 is 9.59 Å². The molecule has 130 valence electrons. The average molecular weight is 337 g/mol. The molecule has 5 heteroatoms. The molecule has 0 saturated carbocycles. The fourth-order valence-corrected chi connectivity index (χ4v) is 3.09. The molecule has 0 radical (unpaired) electrons. The standard InChI is InChI=1S/C20H23N3O2/c1-21-12-11-15-6-2-3-9-18(15)20(25)22-16-7-4-8-17(14-16)23-13-5-10-19(23)24/h2-4,6-9,14,21H,5,10-13H2,1H3,(H,22,25). The molecule has 1 saturated heterocycles. The smallest absolute Gasteiger partial charge is 0.255 e. The van der Waals surface area contributed by atoms with Crippen molar-refractivity contribution in [3.63, 3.8) is 0 Å². The third kappa shape index (κ3) is 4.06. The maximum absolute atomic E-state index is 12.7. The van der Waals surface area contributed by atoms with Gasteiger partial charge < -0.3 is 15.5 Å². The van der Waals surface area contributed by atoms with E-state index in [-0.39, 0.29) is 11.8 Å². The van der Waals surface area contributed by atoms with E-state index in [1.54, 1.807) is 4.90 Å². The van der Waals surface area contributed by atoms with Crippen LogP contribution in [0.1, 0.15) is 28.8 Å². The molecule has 0 spiro atoms. The van der Waals surface area contributed by atoms with Gasteiger partial charge in [0.15, 0.2) is 0 Å². The zero-order valence-electron chi connectivity index (χ0n) is 14.4. The predicted octanol–water partition coefficient (Wildman–Crippen LogP) is 2.83. The number of hydrogen-bond donors (Lipinski definition) is 2. The van der Waals surface area contributed by atoms with Gasteiger partial charge in [-0.2, -0.15) is 0 Å². The largest absolute Gasteiger partial charge is 0.322 e. The topological polar surface area (TPSA) is 61.4 Å². The van der Waals surface area contributed by atoms with Crippen LogP contribution in [0.25, 0.3) is 0 Å². The minimum absolute atomic E-state index is 0.128. The van der Waals surface area contributed by atoms with E-state index in [1.807, 2.05) is 55.6 Å². The Morgan fingerprint density at radius 2 is 2.00 bits per heavy atom. The monoisotopic (exact) mass is 337 g/mol. The fourth-order valence-electron chi connectivity index (χ4n) is 3.09. The number of carbonyl (C=O) groups excluding carboxylic acids is 2. The van der Waals surface area contributed by atoms with Gasteiger partial charge in [-0.25, -0.2) is 0 Å². The minimum Gasteiger partial charge on any atom is -0.322 e. The van der Waals surface area contributed by atoms with E-state index in [1.165, 1.54) is 0 Å². The van der Waals surface area contributed by atoms with E-state index < -0.39 is 0 Å². The number of nitrogens with one attached hydrogen (secondary N) is 2. The number of rotatable bonds is 6. The molecule has 5 nitrogen and oxygen atoms in total. The number of benzene rings is 2. The summed E-state index contributed by atoms with van der Waals surface area (Å²) in [7, 11) is 1.90. The molecule has 1 fully saturated rings. The van der Waals surface area contributed by atoms with Crippen LogP contribution in [0.15, 0.2) is 48.5 Å². The lowest BCUT2D eigenvalue weighted by atomic mass is 10.0. The van der Waals surface area contributed by atoms with Gasteiger partial charge in [0.2, 0.25) is 5.91 Å². The van der Waals surface area contributed by atoms with Gasteiger partial charge >= 0.3 is 0 Å². The molecule has 1 aliphatic rings. The molecule has 0 aromatic heterocycles. The summed E-state index contributed by atoms with van der Waals surface area (Å²) in [5.74, 6) is 0.0116. The lowest BCUT2D eigenvalue weighted by Crippen LogP contribution is -2.23. The highest BCUT2D eigenvalue weighted by molar-refractivity contribution is 6.05. The maximum atomic E-state index is 12.7. The molecule has 0 atom stereocenters. The maximum Gasteiger partial charge on any atom is 0.255 e. The number of amides is 2. The first-order chi connectivity index (χ1) is 12.2. The third-order valence-electron chi connectivity index (χ3n) is 4.40. The summed E-state index contributed by atoms with van der Waals surface area (Å²) in [5, 5.41) is 6.06. The van der Waals surface area contributed by atoms with E-state index in [2.05, 4.69) is 10.6 Å². The van der Waals surface area contributed by atoms with Gasteiger partial charge in [0, 0.05) is 29.9 Å². The summed E-state index contributed by atoms with van der Waals surface area (Å²) in [4.78, 5) is 26.4. The number of nitrogens with zero attached hydrogens (tertiary/aromatic N) is 1. The second kappa shape index (κ2) is 7.94. The lowest BCUT2D eigenvalue weighted by molar-refractivity contribution is -0.117. The van der Waals surface area contributed by atoms with Gasteiger partial charge in [0.25, 0.3) is 5.91 Å². The minimum atomic E-state index is -0.128. The van der Waals surface area contributed by atoms with E-state index in [0.29, 0.717) is 17.7 Å². The second-order valence-electron chi connectivity index (χ2n) is 6.16. The second-order valence-corrected chi connectivity index (χ2v) is 6.16. The van der Waals surface area contributed by atoms with Gasteiger partial charge in [0.05, 0.1) is 0 Å². The molecular weight excluding hydrogens is 314 g/mol. The summed E-state index contributed by atoms with van der Waals surface area (Å²) < 4.78 is 0. The van der Waals surface area contributed by atoms with Crippen LogP contribution in [0, 0.1) is 0 Å². The van der Waals surface area contributed by atoms with Gasteiger partial charge in [-0.1, -0.05) is 24.3 Å². The van der Waals surface area contributed by atoms with Crippen LogP contribution in [-0.4, -0.2) is 32.0 Å². The highest BCUT2D eigenvalue weighted by Crippen LogP contribution is 2.24. The molecule has 2 amide bonds. The van der Waals surface area contributed by atoms with E-state index in [4.69, 9.17) is 0 Å². The summed E-state index contributed by atoms with van der Waals surface area (Å²) >= 11 is 0. The highest BCUT2D eigenvalue weighted by Gasteiger charge is 2.22. The molecule has 0 bridgehead atoms. The first-order valence-corrected chi connectivity index (χ1v) is 8.63. The Hall–Kier alpha value is -2.66. The van der Waals surface area contributed by atoms with Crippen molar-refractivity contribution in [3.8, 4) is 0 Å². The van der Waals surface area contributed by atoms with Crippen molar-refractivity contribution in [1.82, 2.24) is 5.32 Å². The van der Waals surface area contributed by atoms with E-state index in [9.17, 15) is 9.59 Å². The first-order valence-electron chi connectivity index (χ1n) is 8.63. The van der Waals surface area contributed by atoms with Crippen molar-refractivity contribution in [3.05, 3.63) is 59.7 Å². The lowest BCUT2D eigenvalue weighted by Gasteiger charge is -2.17. The van der Waals surface area contributed by atoms with Crippen molar-refractivity contribution >= 4 is 23.2 Å². The molecule has 2 N–H and O–H groups in total. The molecule has 0 aliphatic carbocycles. The van der Waals surface area contributed by atoms with Crippen LogP contribution in [-0.2, 0) is 11.2 Å². The Bertz CT molecular complexity index is 773. The molecule has 1 aliphatic heterocycles. The molecule has 3 rings (SSSR count). The number of anilines is 2. The molecular formula is C20H23N3O2. The Kier molecular flexibility index (Phi) is 5.46. The zero-order chi connectivity index (χ0) is 17.6. The average Bonchev–Trinajstić information content (AvgIpc) is 3.06. The molecule has 25 heavy (non-hydrogen) atoms. The van der Waals surface area contributed by atoms with Crippen LogP contribution in [0.2, 0.25) is 0 Å². The summed E-state index contributed by atoms with van der Waals surface area (Å²) in [6.07, 6.45) is 2.27. The molecule has 0 unspecified atom stereocenters. The summed E-state index contributed by atoms with van der Waals surface area (Å²) in [6, 6.07) is 15.1. The summed E-state index contributed by atoms with van der Waals surface area (Å²) in [5.41, 5.74) is 3.23. The van der Waals surface area contributed by atoms with Crippen molar-refractivity contribution in [2.24, 2.45) is 0 Å². The van der Waals surface area contributed by atoms with E-state index in [0.717, 1.165) is 37.2 Å². The van der Waals surface area contributed by atoms with Crippen molar-refractivity contribution in [2.45, 2.75) is 19.3 Å². The first kappa shape index (κ1) is 17.2. The Labute approximate surface area is 148 Å². The van der Waals surface area contributed by atoms with Gasteiger partial charge in [-0.05, 0) is 56.3 Å². The number of carbonyl (C=O) groups is 2. The van der Waals surface area contributed by atoms with Crippen LogP contribution in [0.3, 0.4) is 0 Å². The normalized spacial score (nSPS) is 14.0. The van der Waals surface area contributed by atoms with E-state index >= 15 is 0 Å². The zero-order valence-corrected chi connectivity index (χ0v) is 14.4. The SMILES string of the molecule is CNCCc1ccccc1C(=O)Nc1cccc(N2CCCC2=O)c1. The Balaban J connectivity index is 1.76. The fraction of sp³-hybridized carbons (Fsp3) is 0.300. The number of hydrogen-bond acceptors (Lipinski definition) is 3. The third-order valence-corrected chi connectivity index (χ3v) is 4.40. The van der Waals surface area contributed by atoms with Gasteiger partial charge in [-0.15, -0.1) is 0 Å². The Morgan fingerprint density at radius 1 is 1.16 bits per heavy atom. The van der Waals surface area contributed by atoms with Crippen LogP contribution in [0.5, 0.6) is 0 Å². The van der Waals surface area contributed by atoms with Crippen molar-refractivity contribution in [2.75, 3.05) is 30.4 Å². The van der Waals surface area contributed by atoms with Crippen LogP contribution in [0.4, 0.5) is 11.4 Å². The molecule has 2 aromatic carbocycles. The molecule has 1 heterocycles. The van der Waals surface area contributed by atoms with Crippen LogP contribution < -0.4 is 15.5 Å². The van der Waals surface area contributed by atoms with Gasteiger partial charge in [-0.3, -0.25) is 9.59 Å². The van der Waals surface area contributed by atoms with Crippen molar-refractivity contribution in [1.29, 1.82) is 0 Å². The number of likely N-dealkylation sites (N-methyl/N-ethyl adjacent to an activating group) is 1. The van der Waals surface area contributed by atoms with Gasteiger partial charge in [0.1, 0.15) is 0 Å². The highest BCUT2D eigenvalue weighted by atomic mass is 16.2. The predicted molar refractivity (Wildman–Crippen MR) is 100 cm³/mol. The molecule has 2 aromatic rings. The quantitative estimate of drug-likeness (QED) is 0.852.